The van der Waals surface area contributed by atoms with E-state index in [9.17, 15) is 4.57 Å². The molecule has 13 nitrogen and oxygen atoms in total. The number of nitrogens with zero attached hydrogens (tertiary/aromatic N) is 9. The molecule has 2 aliphatic heterocycles. The number of piperidine rings is 1. The van der Waals surface area contributed by atoms with E-state index in [0.29, 0.717) is 56.1 Å². The number of nitrogens with one attached hydrogen (secondary N) is 2. The van der Waals surface area contributed by atoms with E-state index in [1.165, 1.54) is 0 Å². The number of hydrogen-bond donors (Lipinski definition) is 2. The number of methoxy groups -OCH3 is 1. The molecule has 0 bridgehead atoms. The first-order chi connectivity index (χ1) is 24.5. The van der Waals surface area contributed by atoms with Crippen molar-refractivity contribution in [3.05, 3.63) is 47.3 Å². The first-order valence-corrected chi connectivity index (χ1v) is 20.5. The summed E-state index contributed by atoms with van der Waals surface area (Å²) in [7, 11) is 2.99. The summed E-state index contributed by atoms with van der Waals surface area (Å²) in [5.74, 6) is 1.51. The molecule has 0 spiro atoms. The van der Waals surface area contributed by atoms with Crippen LogP contribution in [-0.4, -0.2) is 115 Å². The van der Waals surface area contributed by atoms with Gasteiger partial charge in [-0.05, 0) is 81.0 Å². The smallest absolute Gasteiger partial charge is 0.229 e. The maximum absolute atomic E-state index is 13.6. The van der Waals surface area contributed by atoms with Crippen molar-refractivity contribution in [2.75, 3.05) is 82.3 Å². The lowest BCUT2D eigenvalue weighted by molar-refractivity contribution is 0.0982. The van der Waals surface area contributed by atoms with Gasteiger partial charge >= 0.3 is 0 Å². The van der Waals surface area contributed by atoms with Crippen LogP contribution < -0.4 is 25.6 Å². The number of hydrogen-bond acceptors (Lipinski definition) is 12. The van der Waals surface area contributed by atoms with Crippen molar-refractivity contribution in [3.63, 3.8) is 0 Å². The topological polar surface area (TPSA) is 128 Å². The van der Waals surface area contributed by atoms with E-state index in [1.807, 2.05) is 37.1 Å². The molecule has 0 unspecified atom stereocenters. The first kappa shape index (κ1) is 36.7. The molecule has 51 heavy (non-hydrogen) atoms. The molecule has 0 amide bonds. The third kappa shape index (κ3) is 8.19. The quantitative estimate of drug-likeness (QED) is 0.126. The Labute approximate surface area is 308 Å². The summed E-state index contributed by atoms with van der Waals surface area (Å²) in [5, 5.41) is 11.8. The Kier molecular flexibility index (Phi) is 11.3. The molecule has 0 saturated carbocycles. The molecule has 2 aromatic carbocycles. The van der Waals surface area contributed by atoms with Crippen LogP contribution in [-0.2, 0) is 11.6 Å². The van der Waals surface area contributed by atoms with E-state index in [-0.39, 0.29) is 0 Å². The molecule has 0 radical (unpaired) electrons. The van der Waals surface area contributed by atoms with Crippen LogP contribution >= 0.6 is 23.1 Å². The summed E-state index contributed by atoms with van der Waals surface area (Å²) < 4.78 is 22.0. The molecule has 6 rings (SSSR count). The summed E-state index contributed by atoms with van der Waals surface area (Å²) in [6.45, 7) is 15.4. The maximum atomic E-state index is 13.6. The minimum atomic E-state index is -2.83. The third-order valence-electron chi connectivity index (χ3n) is 9.53. The Bertz CT molecular complexity index is 1960. The molecule has 0 aliphatic carbocycles. The molecular formula is C36H47BrN11O2P. The number of aryl methyl sites for hydroxylation is 1. The summed E-state index contributed by atoms with van der Waals surface area (Å²) in [6, 6.07) is 8.43. The lowest BCUT2D eigenvalue weighted by Crippen LogP contribution is -2.52. The molecule has 2 aliphatic rings. The minimum absolute atomic E-state index is 0.353. The molecule has 270 valence electrons. The van der Waals surface area contributed by atoms with Gasteiger partial charge in [-0.3, -0.25) is 19.6 Å². The predicted molar refractivity (Wildman–Crippen MR) is 214 cm³/mol. The fourth-order valence-corrected chi connectivity index (χ4v) is 8.59. The van der Waals surface area contributed by atoms with Crippen molar-refractivity contribution in [3.8, 4) is 16.9 Å². The van der Waals surface area contributed by atoms with E-state index in [4.69, 9.17) is 9.72 Å². The van der Waals surface area contributed by atoms with Gasteiger partial charge in [0.05, 0.1) is 40.1 Å². The standard InChI is InChI=1S/C36H47BrN11O2P/c1-8-39-33-28(38-2)9-10-29(34(33)51(6,7)49)42-35-27(37)22-40-36(44-35)43-30-19-26(24-21-41-46(4)23-24)31(20-32(30)50-5)48-13-11-25(12-14-48)47-17-15-45(3)16-18-47/h8-10,19-23,25H,2,11-18H2,1,3-7H3,(H2,40,42,43,44). The second-order valence-electron chi connectivity index (χ2n) is 13.4. The average Bonchev–Trinajstić information content (AvgIpc) is 3.55. The molecule has 2 N–H and O–H groups in total. The highest BCUT2D eigenvalue weighted by Crippen LogP contribution is 2.46. The Balaban J connectivity index is 1.31. The van der Waals surface area contributed by atoms with Crippen molar-refractivity contribution in [2.24, 2.45) is 17.0 Å². The van der Waals surface area contributed by atoms with Crippen molar-refractivity contribution < 1.29 is 9.30 Å². The average molecular weight is 777 g/mol. The lowest BCUT2D eigenvalue weighted by atomic mass is 9.98. The van der Waals surface area contributed by atoms with E-state index in [2.05, 4.69) is 87.2 Å². The van der Waals surface area contributed by atoms with Crippen molar-refractivity contribution in [2.45, 2.75) is 25.8 Å². The molecule has 0 atom stereocenters. The van der Waals surface area contributed by atoms with Gasteiger partial charge in [-0.25, -0.2) is 4.98 Å². The Morgan fingerprint density at radius 1 is 1.04 bits per heavy atom. The highest BCUT2D eigenvalue weighted by molar-refractivity contribution is 9.10. The minimum Gasteiger partial charge on any atom is -0.494 e. The highest BCUT2D eigenvalue weighted by atomic mass is 79.9. The highest BCUT2D eigenvalue weighted by Gasteiger charge is 2.29. The van der Waals surface area contributed by atoms with Crippen LogP contribution in [0.2, 0.25) is 0 Å². The zero-order chi connectivity index (χ0) is 36.3. The number of halogens is 1. The van der Waals surface area contributed by atoms with Crippen LogP contribution in [0.15, 0.2) is 57.3 Å². The van der Waals surface area contributed by atoms with Crippen LogP contribution in [0, 0.1) is 0 Å². The van der Waals surface area contributed by atoms with Gasteiger partial charge in [-0.2, -0.15) is 10.1 Å². The molecule has 2 aromatic heterocycles. The fraction of sp³-hybridized carbons (Fsp3) is 0.417. The number of likely N-dealkylation sites (N-methyl/N-ethyl adjacent to an activating group) is 1. The number of benzene rings is 2. The Morgan fingerprint density at radius 2 is 1.78 bits per heavy atom. The molecule has 4 aromatic rings. The molecular weight excluding hydrogens is 729 g/mol. The van der Waals surface area contributed by atoms with Crippen molar-refractivity contribution >= 4 is 81.5 Å². The summed E-state index contributed by atoms with van der Waals surface area (Å²) >= 11 is 3.60. The number of rotatable bonds is 11. The molecule has 4 heterocycles. The second kappa shape index (κ2) is 15.6. The van der Waals surface area contributed by atoms with Gasteiger partial charge in [-0.15, -0.1) is 0 Å². The van der Waals surface area contributed by atoms with Crippen LogP contribution in [0.4, 0.5) is 40.2 Å². The van der Waals surface area contributed by atoms with Gasteiger partial charge in [0, 0.05) is 93.8 Å². The number of aromatic nitrogens is 4. The van der Waals surface area contributed by atoms with Crippen LogP contribution in [0.1, 0.15) is 19.8 Å². The van der Waals surface area contributed by atoms with Gasteiger partial charge in [0.2, 0.25) is 5.95 Å². The largest absolute Gasteiger partial charge is 0.494 e. The monoisotopic (exact) mass is 775 g/mol. The summed E-state index contributed by atoms with van der Waals surface area (Å²) in [6.07, 6.45) is 9.50. The van der Waals surface area contributed by atoms with Gasteiger partial charge < -0.3 is 29.7 Å². The summed E-state index contributed by atoms with van der Waals surface area (Å²) in [4.78, 5) is 25.6. The number of ether oxygens (including phenoxy) is 1. The second-order valence-corrected chi connectivity index (χ2v) is 17.4. The fourth-order valence-electron chi connectivity index (χ4n) is 6.91. The molecule has 15 heteroatoms. The van der Waals surface area contributed by atoms with Crippen molar-refractivity contribution in [1.29, 1.82) is 0 Å². The normalized spacial score (nSPS) is 16.5. The maximum Gasteiger partial charge on any atom is 0.229 e. The number of anilines is 5. The first-order valence-electron chi connectivity index (χ1n) is 17.1. The third-order valence-corrected chi connectivity index (χ3v) is 11.6. The van der Waals surface area contributed by atoms with Crippen LogP contribution in [0.3, 0.4) is 0 Å². The van der Waals surface area contributed by atoms with E-state index in [0.717, 1.165) is 68.9 Å². The predicted octanol–water partition coefficient (Wildman–Crippen LogP) is 6.65. The number of piperazine rings is 1. The van der Waals surface area contributed by atoms with Gasteiger partial charge in [-0.1, -0.05) is 0 Å². The van der Waals surface area contributed by atoms with Crippen LogP contribution in [0.25, 0.3) is 11.1 Å². The van der Waals surface area contributed by atoms with Gasteiger partial charge in [0.25, 0.3) is 0 Å². The van der Waals surface area contributed by atoms with Crippen LogP contribution in [0.5, 0.6) is 5.75 Å². The zero-order valence-electron chi connectivity index (χ0n) is 30.2. The summed E-state index contributed by atoms with van der Waals surface area (Å²) in [5.41, 5.74) is 5.57. The number of aliphatic imine (C=N–C) groups is 2. The van der Waals surface area contributed by atoms with Crippen molar-refractivity contribution in [1.82, 2.24) is 29.5 Å². The molecule has 2 saturated heterocycles. The zero-order valence-corrected chi connectivity index (χ0v) is 32.7. The Hall–Kier alpha value is -4.10. The van der Waals surface area contributed by atoms with E-state index in [1.54, 1.807) is 38.9 Å². The Morgan fingerprint density at radius 3 is 2.41 bits per heavy atom. The van der Waals surface area contributed by atoms with Gasteiger partial charge in [0.15, 0.2) is 0 Å². The SMILES string of the molecule is C=Nc1ccc(Nc2nc(Nc3cc(-c4cnn(C)c4)c(N4CCC(N5CCN(C)CC5)CC4)cc3OC)ncc2Br)c(P(C)(C)=O)c1N=CC. The van der Waals surface area contributed by atoms with E-state index < -0.39 is 7.14 Å². The van der Waals surface area contributed by atoms with Gasteiger partial charge in [0.1, 0.15) is 24.4 Å². The lowest BCUT2D eigenvalue weighted by Gasteiger charge is -2.43. The van der Waals surface area contributed by atoms with E-state index >= 15 is 0 Å². The molecule has 2 fully saturated rings.